The van der Waals surface area contributed by atoms with Crippen molar-refractivity contribution in [1.29, 1.82) is 0 Å². The lowest BCUT2D eigenvalue weighted by Crippen LogP contribution is -2.57. The smallest absolute Gasteiger partial charge is 0.306 e. The summed E-state index contributed by atoms with van der Waals surface area (Å²) in [6.45, 7) is 2.02. The van der Waals surface area contributed by atoms with E-state index in [1.807, 2.05) is 54.6 Å². The highest BCUT2D eigenvalue weighted by molar-refractivity contribution is 6.36. The molecule has 4 aliphatic rings. The van der Waals surface area contributed by atoms with Gasteiger partial charge in [-0.05, 0) is 41.5 Å². The summed E-state index contributed by atoms with van der Waals surface area (Å²) < 4.78 is 5.47. The van der Waals surface area contributed by atoms with Gasteiger partial charge in [0.05, 0.1) is 11.8 Å². The zero-order valence-corrected chi connectivity index (χ0v) is 24.7. The number of carbonyl (C=O) groups excluding carboxylic acids is 4. The summed E-state index contributed by atoms with van der Waals surface area (Å²) in [5.41, 5.74) is 3.62. The molecule has 3 aromatic rings. The molecular formula is C34H31Cl2NO5. The number of Topliss-reactive ketones (excluding diaryl/α,β-unsaturated/α-hetero) is 1. The minimum absolute atomic E-state index is 0.145. The molecule has 0 N–H and O–H groups in total. The molecule has 1 saturated heterocycles. The number of carbonyl (C=O) groups is 4. The second-order valence-electron chi connectivity index (χ2n) is 11.2. The summed E-state index contributed by atoms with van der Waals surface area (Å²) in [4.78, 5) is 51.8. The van der Waals surface area contributed by atoms with Gasteiger partial charge in [-0.2, -0.15) is 0 Å². The summed E-state index contributed by atoms with van der Waals surface area (Å²) in [6.07, 6.45) is 1.34. The van der Waals surface area contributed by atoms with Crippen LogP contribution in [0.2, 0.25) is 0 Å². The molecule has 42 heavy (non-hydrogen) atoms. The number of halogens is 2. The number of alkyl halides is 2. The minimum Gasteiger partial charge on any atom is -0.454 e. The molecule has 2 bridgehead atoms. The first-order valence-corrected chi connectivity index (χ1v) is 15.2. The topological polar surface area (TPSA) is 80.8 Å². The van der Waals surface area contributed by atoms with Gasteiger partial charge in [-0.3, -0.25) is 24.1 Å². The number of hydrogen-bond acceptors (Lipinski definition) is 5. The summed E-state index contributed by atoms with van der Waals surface area (Å²) in [5.74, 6) is -2.89. The van der Waals surface area contributed by atoms with Crippen molar-refractivity contribution in [1.82, 2.24) is 4.90 Å². The van der Waals surface area contributed by atoms with Crippen molar-refractivity contribution >= 4 is 46.8 Å². The predicted molar refractivity (Wildman–Crippen MR) is 159 cm³/mol. The van der Waals surface area contributed by atoms with Crippen LogP contribution < -0.4 is 0 Å². The van der Waals surface area contributed by atoms with E-state index in [1.165, 1.54) is 4.90 Å². The monoisotopic (exact) mass is 603 g/mol. The van der Waals surface area contributed by atoms with Gasteiger partial charge >= 0.3 is 5.97 Å². The van der Waals surface area contributed by atoms with Gasteiger partial charge in [-0.15, -0.1) is 23.2 Å². The zero-order valence-electron chi connectivity index (χ0n) is 23.2. The first-order chi connectivity index (χ1) is 20.2. The summed E-state index contributed by atoms with van der Waals surface area (Å²) in [5, 5.41) is 0. The van der Waals surface area contributed by atoms with Gasteiger partial charge in [0.15, 0.2) is 6.10 Å². The normalized spacial score (nSPS) is 25.9. The quantitative estimate of drug-likeness (QED) is 0.0887. The van der Waals surface area contributed by atoms with Crippen LogP contribution in [0, 0.1) is 11.8 Å². The molecule has 2 amide bonds. The van der Waals surface area contributed by atoms with Crippen LogP contribution in [0.4, 0.5) is 0 Å². The Kier molecular flexibility index (Phi) is 7.48. The van der Waals surface area contributed by atoms with Crippen LogP contribution in [0.5, 0.6) is 0 Å². The Morgan fingerprint density at radius 3 is 1.71 bits per heavy atom. The Balaban J connectivity index is 1.10. The molecule has 7 rings (SSSR count). The van der Waals surface area contributed by atoms with Crippen LogP contribution in [0.3, 0.4) is 0 Å². The molecule has 0 aromatic heterocycles. The van der Waals surface area contributed by atoms with Crippen LogP contribution in [0.25, 0.3) is 0 Å². The lowest BCUT2D eigenvalue weighted by Gasteiger charge is -2.54. The van der Waals surface area contributed by atoms with Crippen molar-refractivity contribution in [3.63, 3.8) is 0 Å². The molecular weight excluding hydrogens is 573 g/mol. The number of esters is 1. The van der Waals surface area contributed by atoms with Gasteiger partial charge < -0.3 is 4.74 Å². The Morgan fingerprint density at radius 2 is 1.24 bits per heavy atom. The highest BCUT2D eigenvalue weighted by Gasteiger charge is 2.72. The van der Waals surface area contributed by atoms with E-state index in [0.29, 0.717) is 31.2 Å². The fourth-order valence-electron chi connectivity index (χ4n) is 6.99. The fourth-order valence-corrected chi connectivity index (χ4v) is 8.09. The van der Waals surface area contributed by atoms with Crippen LogP contribution in [-0.4, -0.2) is 41.1 Å². The standard InChI is InChI=1S/C34H31Cl2NO5/c1-2-26(30(39)21-13-5-3-6-14-21)42-27(38)19-7-4-12-20-37-31(40)28-29(32(37)41)34(36)23-16-9-8-15-22(23)33(28,35)24-17-10-11-18-25(24)34/h3,5-6,8-11,13-18,26,28-29H,2,4,7,12,19-20H2,1H3/t26-,28+,29+,33?,34?/m0/s1. The van der Waals surface area contributed by atoms with E-state index in [-0.39, 0.29) is 30.6 Å². The van der Waals surface area contributed by atoms with Crippen molar-refractivity contribution in [2.24, 2.45) is 11.8 Å². The van der Waals surface area contributed by atoms with Crippen molar-refractivity contribution in [3.8, 4) is 0 Å². The van der Waals surface area contributed by atoms with E-state index < -0.39 is 33.7 Å². The van der Waals surface area contributed by atoms with Crippen LogP contribution in [0.15, 0.2) is 78.9 Å². The van der Waals surface area contributed by atoms with Gasteiger partial charge in [-0.25, -0.2) is 0 Å². The van der Waals surface area contributed by atoms with Crippen molar-refractivity contribution in [3.05, 3.63) is 107 Å². The Hall–Kier alpha value is -3.48. The largest absolute Gasteiger partial charge is 0.454 e. The SMILES string of the molecule is CC[C@H](OC(=O)CCCCCN1C(=O)[C@H]2[C@H](C1=O)C1(Cl)c3ccccc3C2(Cl)c2ccccc21)C(=O)c1ccccc1. The van der Waals surface area contributed by atoms with Gasteiger partial charge in [0.25, 0.3) is 0 Å². The summed E-state index contributed by atoms with van der Waals surface area (Å²) in [7, 11) is 0. The average Bonchev–Trinajstić information content (AvgIpc) is 3.28. The molecule has 1 heterocycles. The highest BCUT2D eigenvalue weighted by atomic mass is 35.5. The Bertz CT molecular complexity index is 1450. The number of hydrogen-bond donors (Lipinski definition) is 0. The first-order valence-electron chi connectivity index (χ1n) is 14.5. The molecule has 3 aromatic carbocycles. The van der Waals surface area contributed by atoms with E-state index >= 15 is 0 Å². The van der Waals surface area contributed by atoms with Gasteiger partial charge in [0.2, 0.25) is 17.6 Å². The number of amides is 2. The van der Waals surface area contributed by atoms with Crippen molar-refractivity contribution < 1.29 is 23.9 Å². The lowest BCUT2D eigenvalue weighted by molar-refractivity contribution is -0.147. The molecule has 8 heteroatoms. The third-order valence-electron chi connectivity index (χ3n) is 8.93. The van der Waals surface area contributed by atoms with Crippen LogP contribution in [0.1, 0.15) is 71.6 Å². The molecule has 0 spiro atoms. The van der Waals surface area contributed by atoms with Gasteiger partial charge in [-0.1, -0.05) is 92.2 Å². The number of ether oxygens (including phenoxy) is 1. The van der Waals surface area contributed by atoms with E-state index in [0.717, 1.165) is 22.3 Å². The first kappa shape index (κ1) is 28.6. The second kappa shape index (κ2) is 11.0. The average molecular weight is 605 g/mol. The van der Waals surface area contributed by atoms with Gasteiger partial charge in [0.1, 0.15) is 9.75 Å². The van der Waals surface area contributed by atoms with E-state index in [4.69, 9.17) is 27.9 Å². The molecule has 216 valence electrons. The zero-order chi connectivity index (χ0) is 29.6. The molecule has 6 nitrogen and oxygen atoms in total. The molecule has 0 saturated carbocycles. The van der Waals surface area contributed by atoms with Gasteiger partial charge in [0, 0.05) is 18.5 Å². The van der Waals surface area contributed by atoms with E-state index in [9.17, 15) is 19.2 Å². The minimum atomic E-state index is -1.19. The Labute approximate surface area is 254 Å². The van der Waals surface area contributed by atoms with Crippen LogP contribution >= 0.6 is 23.2 Å². The Morgan fingerprint density at radius 1 is 0.762 bits per heavy atom. The number of likely N-dealkylation sites (tertiary alicyclic amines) is 1. The number of benzene rings is 3. The fraction of sp³-hybridized carbons (Fsp3) is 0.353. The van der Waals surface area contributed by atoms with Crippen LogP contribution in [-0.2, 0) is 28.9 Å². The number of ketones is 1. The molecule has 0 unspecified atom stereocenters. The molecule has 3 aliphatic carbocycles. The maximum absolute atomic E-state index is 13.9. The maximum atomic E-state index is 13.9. The van der Waals surface area contributed by atoms with E-state index in [2.05, 4.69) is 0 Å². The number of imide groups is 1. The molecule has 1 aliphatic heterocycles. The summed E-state index contributed by atoms with van der Waals surface area (Å²) in [6, 6.07) is 23.9. The molecule has 3 atom stereocenters. The predicted octanol–water partition coefficient (Wildman–Crippen LogP) is 6.34. The summed E-state index contributed by atoms with van der Waals surface area (Å²) >= 11 is 14.9. The van der Waals surface area contributed by atoms with Crippen molar-refractivity contribution in [2.75, 3.05) is 6.54 Å². The number of rotatable bonds is 10. The third kappa shape index (κ3) is 4.22. The van der Waals surface area contributed by atoms with E-state index in [1.54, 1.807) is 31.2 Å². The lowest BCUT2D eigenvalue weighted by atomic mass is 9.54. The highest BCUT2D eigenvalue weighted by Crippen LogP contribution is 2.69. The third-order valence-corrected chi connectivity index (χ3v) is 10.2. The maximum Gasteiger partial charge on any atom is 0.306 e. The molecule has 1 fully saturated rings. The van der Waals surface area contributed by atoms with Crippen molar-refractivity contribution in [2.45, 2.75) is 54.9 Å². The second-order valence-corrected chi connectivity index (χ2v) is 12.4. The number of unbranched alkanes of at least 4 members (excludes halogenated alkanes) is 2. The number of nitrogens with zero attached hydrogens (tertiary/aromatic N) is 1. The molecule has 0 radical (unpaired) electrons.